The van der Waals surface area contributed by atoms with Gasteiger partial charge < -0.3 is 4.74 Å². The lowest BCUT2D eigenvalue weighted by atomic mass is 9.96. The third-order valence-electron chi connectivity index (χ3n) is 2.96. The lowest BCUT2D eigenvalue weighted by molar-refractivity contribution is -0.144. The van der Waals surface area contributed by atoms with E-state index < -0.39 is 0 Å². The van der Waals surface area contributed by atoms with Crippen LogP contribution in [0.3, 0.4) is 0 Å². The van der Waals surface area contributed by atoms with Gasteiger partial charge in [-0.05, 0) is 25.7 Å². The molecule has 1 saturated carbocycles. The van der Waals surface area contributed by atoms with E-state index in [1.54, 1.807) is 0 Å². The Kier molecular flexibility index (Phi) is 3.67. The summed E-state index contributed by atoms with van der Waals surface area (Å²) < 4.78 is 5.72. The predicted octanol–water partition coefficient (Wildman–Crippen LogP) is 2.83. The Morgan fingerprint density at radius 2 is 1.93 bits per heavy atom. The smallest absolute Gasteiger partial charge is 0.330 e. The number of hydrogen-bond donors (Lipinski definition) is 0. The minimum atomic E-state index is -0.275. The maximum Gasteiger partial charge on any atom is 0.330 e. The molecule has 0 N–H and O–H groups in total. The Morgan fingerprint density at radius 1 is 1.33 bits per heavy atom. The van der Waals surface area contributed by atoms with Gasteiger partial charge in [-0.25, -0.2) is 4.79 Å². The van der Waals surface area contributed by atoms with Crippen molar-refractivity contribution in [3.8, 4) is 0 Å². The Labute approximate surface area is 99.2 Å². The molecule has 2 nitrogen and oxygen atoms in total. The van der Waals surface area contributed by atoms with Crippen molar-refractivity contribution in [1.29, 1.82) is 0 Å². The van der Waals surface area contributed by atoms with Crippen LogP contribution in [-0.4, -0.2) is 27.7 Å². The zero-order valence-corrected chi connectivity index (χ0v) is 10.4. The van der Waals surface area contributed by atoms with Crippen molar-refractivity contribution in [2.75, 3.05) is 11.5 Å². The lowest BCUT2D eigenvalue weighted by Gasteiger charge is -2.35. The Morgan fingerprint density at radius 3 is 2.47 bits per heavy atom. The van der Waals surface area contributed by atoms with Crippen LogP contribution >= 0.6 is 23.5 Å². The number of esters is 1. The minimum absolute atomic E-state index is 0.128. The maximum atomic E-state index is 11.0. The fraction of sp³-hybridized carbons (Fsp3) is 0.727. The van der Waals surface area contributed by atoms with E-state index in [9.17, 15) is 4.79 Å². The Bertz CT molecular complexity index is 249. The summed E-state index contributed by atoms with van der Waals surface area (Å²) in [5.74, 6) is 2.28. The van der Waals surface area contributed by atoms with Crippen LogP contribution in [0.4, 0.5) is 0 Å². The molecule has 2 fully saturated rings. The van der Waals surface area contributed by atoms with E-state index in [-0.39, 0.29) is 12.1 Å². The summed E-state index contributed by atoms with van der Waals surface area (Å²) in [6.07, 6.45) is 5.76. The second-order valence-electron chi connectivity index (χ2n) is 3.95. The highest BCUT2D eigenvalue weighted by Crippen LogP contribution is 2.53. The predicted molar refractivity (Wildman–Crippen MR) is 66.2 cm³/mol. The number of carbonyl (C=O) groups is 1. The zero-order valence-electron chi connectivity index (χ0n) is 8.74. The monoisotopic (exact) mass is 244 g/mol. The number of carbonyl (C=O) groups excluding carboxylic acids is 1. The van der Waals surface area contributed by atoms with Crippen molar-refractivity contribution < 1.29 is 9.53 Å². The van der Waals surface area contributed by atoms with E-state index in [1.165, 1.54) is 30.4 Å². The molecule has 0 atom stereocenters. The van der Waals surface area contributed by atoms with Crippen molar-refractivity contribution in [2.24, 2.45) is 0 Å². The second kappa shape index (κ2) is 4.83. The van der Waals surface area contributed by atoms with E-state index in [2.05, 4.69) is 30.1 Å². The van der Waals surface area contributed by atoms with Crippen LogP contribution in [-0.2, 0) is 9.53 Å². The molecule has 1 aliphatic carbocycles. The van der Waals surface area contributed by atoms with Gasteiger partial charge in [0.1, 0.15) is 6.10 Å². The molecule has 0 aromatic heterocycles. The number of rotatable bonds is 2. The first-order valence-corrected chi connectivity index (χ1v) is 7.32. The first-order chi connectivity index (χ1) is 7.24. The molecular formula is C11H16O2S2. The number of thioether (sulfide) groups is 2. The molecule has 15 heavy (non-hydrogen) atoms. The minimum Gasteiger partial charge on any atom is -0.459 e. The van der Waals surface area contributed by atoms with Gasteiger partial charge in [0.15, 0.2) is 0 Å². The first kappa shape index (κ1) is 11.4. The van der Waals surface area contributed by atoms with Crippen molar-refractivity contribution in [3.05, 3.63) is 12.7 Å². The van der Waals surface area contributed by atoms with Gasteiger partial charge in [0.2, 0.25) is 0 Å². The van der Waals surface area contributed by atoms with Crippen LogP contribution in [0.1, 0.15) is 25.7 Å². The molecule has 0 aromatic carbocycles. The van der Waals surface area contributed by atoms with Gasteiger partial charge in [-0.3, -0.25) is 0 Å². The van der Waals surface area contributed by atoms with Gasteiger partial charge in [0, 0.05) is 17.6 Å². The fourth-order valence-corrected chi connectivity index (χ4v) is 5.44. The topological polar surface area (TPSA) is 26.3 Å². The molecule has 1 saturated heterocycles. The van der Waals surface area contributed by atoms with Gasteiger partial charge in [-0.15, -0.1) is 23.5 Å². The Balaban J connectivity index is 1.81. The molecule has 0 unspecified atom stereocenters. The van der Waals surface area contributed by atoms with Crippen LogP contribution in [0, 0.1) is 0 Å². The van der Waals surface area contributed by atoms with Gasteiger partial charge in [-0.2, -0.15) is 0 Å². The molecule has 84 valence electrons. The zero-order chi connectivity index (χ0) is 10.7. The summed E-state index contributed by atoms with van der Waals surface area (Å²) in [5, 5.41) is 0. The normalized spacial score (nSPS) is 25.3. The molecular weight excluding hydrogens is 228 g/mol. The first-order valence-electron chi connectivity index (χ1n) is 5.35. The summed E-state index contributed by atoms with van der Waals surface area (Å²) in [4.78, 5) is 11.0. The molecule has 0 bridgehead atoms. The standard InChI is InChI=1S/C11H16O2S2/c1-2-10(12)13-9-3-5-11(6-4-9)14-7-8-15-11/h2,9H,1,3-8H2. The molecule has 0 amide bonds. The van der Waals surface area contributed by atoms with Crippen LogP contribution in [0.5, 0.6) is 0 Å². The van der Waals surface area contributed by atoms with E-state index in [4.69, 9.17) is 4.74 Å². The van der Waals surface area contributed by atoms with Crippen molar-refractivity contribution in [3.63, 3.8) is 0 Å². The molecule has 1 aliphatic heterocycles. The highest BCUT2D eigenvalue weighted by molar-refractivity contribution is 8.21. The van der Waals surface area contributed by atoms with Crippen LogP contribution in [0.25, 0.3) is 0 Å². The maximum absolute atomic E-state index is 11.0. The summed E-state index contributed by atoms with van der Waals surface area (Å²) in [6, 6.07) is 0. The number of ether oxygens (including phenoxy) is 1. The lowest BCUT2D eigenvalue weighted by Crippen LogP contribution is -2.30. The van der Waals surface area contributed by atoms with E-state index in [1.807, 2.05) is 0 Å². The van der Waals surface area contributed by atoms with Crippen LogP contribution in [0.15, 0.2) is 12.7 Å². The molecule has 1 spiro atoms. The molecule has 4 heteroatoms. The highest BCUT2D eigenvalue weighted by Gasteiger charge is 2.39. The molecule has 1 heterocycles. The van der Waals surface area contributed by atoms with Crippen LogP contribution in [0.2, 0.25) is 0 Å². The van der Waals surface area contributed by atoms with Gasteiger partial charge >= 0.3 is 5.97 Å². The largest absolute Gasteiger partial charge is 0.459 e. The van der Waals surface area contributed by atoms with Crippen molar-refractivity contribution in [1.82, 2.24) is 0 Å². The SMILES string of the molecule is C=CC(=O)OC1CCC2(CC1)SCCS2. The summed E-state index contributed by atoms with van der Waals surface area (Å²) >= 11 is 4.19. The average molecular weight is 244 g/mol. The fourth-order valence-electron chi connectivity index (χ4n) is 2.15. The van der Waals surface area contributed by atoms with Gasteiger partial charge in [0.25, 0.3) is 0 Å². The summed E-state index contributed by atoms with van der Waals surface area (Å²) in [6.45, 7) is 3.41. The van der Waals surface area contributed by atoms with E-state index >= 15 is 0 Å². The van der Waals surface area contributed by atoms with Crippen molar-refractivity contribution in [2.45, 2.75) is 35.9 Å². The molecule has 2 aliphatic rings. The average Bonchev–Trinajstić information content (AvgIpc) is 2.70. The molecule has 2 rings (SSSR count). The van der Waals surface area contributed by atoms with Crippen molar-refractivity contribution >= 4 is 29.5 Å². The molecule has 0 radical (unpaired) electrons. The molecule has 0 aromatic rings. The quantitative estimate of drug-likeness (QED) is 0.551. The van der Waals surface area contributed by atoms with E-state index in [0.717, 1.165) is 12.8 Å². The summed E-state index contributed by atoms with van der Waals surface area (Å²) in [7, 11) is 0. The third-order valence-corrected chi connectivity index (χ3v) is 6.61. The third kappa shape index (κ3) is 2.72. The Hall–Kier alpha value is -0.0900. The van der Waals surface area contributed by atoms with Gasteiger partial charge in [0.05, 0.1) is 4.08 Å². The van der Waals surface area contributed by atoms with Crippen LogP contribution < -0.4 is 0 Å². The highest BCUT2D eigenvalue weighted by atomic mass is 32.2. The summed E-state index contributed by atoms with van der Waals surface area (Å²) in [5.41, 5.74) is 0. The second-order valence-corrected chi connectivity index (χ2v) is 7.16. The number of hydrogen-bond acceptors (Lipinski definition) is 4. The van der Waals surface area contributed by atoms with Gasteiger partial charge in [-0.1, -0.05) is 6.58 Å². The van der Waals surface area contributed by atoms with E-state index in [0.29, 0.717) is 4.08 Å².